The van der Waals surface area contributed by atoms with Crippen molar-refractivity contribution in [3.05, 3.63) is 48.9 Å². The fourth-order valence-electron chi connectivity index (χ4n) is 1.55. The topological polar surface area (TPSA) is 93.9 Å². The van der Waals surface area contributed by atoms with Crippen LogP contribution in [0.3, 0.4) is 0 Å². The molecule has 0 bridgehead atoms. The number of esters is 1. The number of hydrogen-bond donors (Lipinski definition) is 1. The number of carbonyl (C=O) groups excluding carboxylic acids is 1. The van der Waals surface area contributed by atoms with Gasteiger partial charge in [-0.25, -0.2) is 14.9 Å². The Kier molecular flexibility index (Phi) is 4.35. The first kappa shape index (κ1) is 14.1. The van der Waals surface area contributed by atoms with Crippen molar-refractivity contribution in [2.75, 3.05) is 0 Å². The van der Waals surface area contributed by atoms with Gasteiger partial charge in [0.05, 0.1) is 6.20 Å². The maximum absolute atomic E-state index is 12.0. The molecule has 0 aliphatic rings. The van der Waals surface area contributed by atoms with E-state index in [2.05, 4.69) is 20.2 Å². The third-order valence-electron chi connectivity index (χ3n) is 2.38. The van der Waals surface area contributed by atoms with Crippen molar-refractivity contribution in [2.24, 2.45) is 0 Å². The fourth-order valence-corrected chi connectivity index (χ4v) is 1.55. The molecule has 3 aromatic heterocycles. The van der Waals surface area contributed by atoms with E-state index in [1.165, 1.54) is 18.7 Å². The largest absolute Gasteiger partial charge is 1.00 e. The van der Waals surface area contributed by atoms with Crippen LogP contribution in [0.1, 0.15) is 11.9 Å². The maximum atomic E-state index is 12.0. The van der Waals surface area contributed by atoms with Crippen LogP contribution in [0.15, 0.2) is 47.6 Å². The number of pyridine rings is 1. The molecule has 0 atom stereocenters. The van der Waals surface area contributed by atoms with Crippen molar-refractivity contribution < 1.29 is 34.2 Å². The number of oxazole rings is 1. The van der Waals surface area contributed by atoms with Crippen LogP contribution >= 0.6 is 0 Å². The Labute approximate surface area is 127 Å². The minimum Gasteiger partial charge on any atom is -1.00 e. The van der Waals surface area contributed by atoms with Gasteiger partial charge in [0.1, 0.15) is 0 Å². The second-order valence-electron chi connectivity index (χ2n) is 3.58. The second-order valence-corrected chi connectivity index (χ2v) is 3.58. The van der Waals surface area contributed by atoms with E-state index < -0.39 is 5.97 Å². The Morgan fingerprint density at radius 3 is 2.75 bits per heavy atom. The predicted octanol–water partition coefficient (Wildman–Crippen LogP) is -1.20. The summed E-state index contributed by atoms with van der Waals surface area (Å²) in [6.07, 6.45) is 5.87. The number of hydrogen-bond acceptors (Lipinski definition) is 6. The smallest absolute Gasteiger partial charge is 1.00 e. The Balaban J connectivity index is 0.00000110. The minimum atomic E-state index is -0.621. The number of carbonyl (C=O) groups is 1. The number of rotatable bonds is 3. The molecule has 7 nitrogen and oxygen atoms in total. The van der Waals surface area contributed by atoms with Crippen molar-refractivity contribution >= 4 is 5.97 Å². The third kappa shape index (κ3) is 2.79. The Morgan fingerprint density at radius 1 is 1.25 bits per heavy atom. The Bertz CT molecular complexity index is 688. The van der Waals surface area contributed by atoms with Crippen molar-refractivity contribution in [3.63, 3.8) is 0 Å². The zero-order chi connectivity index (χ0) is 13.1. The Hall–Kier alpha value is -2.36. The zero-order valence-electron chi connectivity index (χ0n) is 11.6. The molecule has 3 heterocycles. The van der Waals surface area contributed by atoms with Crippen LogP contribution in [0.2, 0.25) is 0 Å². The molecule has 8 heteroatoms. The first-order valence-electron chi connectivity index (χ1n) is 5.40. The SMILES string of the molecule is O=C(Oc1ccn[nH]1)c1ncoc1-c1ccncc1.[H-].[Li+]. The standard InChI is InChI=1S/C12H8N4O3.Li.H/c17-12(19-9-3-6-15-16-9)10-11(18-7-14-10)8-1-4-13-5-2-8;;/h1-7H,(H,15,16);;/q;+1;-1. The summed E-state index contributed by atoms with van der Waals surface area (Å²) in [7, 11) is 0. The van der Waals surface area contributed by atoms with Gasteiger partial charge in [0.15, 0.2) is 17.8 Å². The van der Waals surface area contributed by atoms with Gasteiger partial charge in [0.2, 0.25) is 5.88 Å². The van der Waals surface area contributed by atoms with E-state index in [1.807, 2.05) is 0 Å². The van der Waals surface area contributed by atoms with Gasteiger partial charge in [-0.3, -0.25) is 4.98 Å². The van der Waals surface area contributed by atoms with Crippen LogP contribution in [0.5, 0.6) is 5.88 Å². The quantitative estimate of drug-likeness (QED) is 0.471. The van der Waals surface area contributed by atoms with Gasteiger partial charge in [0.25, 0.3) is 0 Å². The summed E-state index contributed by atoms with van der Waals surface area (Å²) in [6.45, 7) is 0. The number of ether oxygens (including phenoxy) is 1. The summed E-state index contributed by atoms with van der Waals surface area (Å²) in [5, 5.41) is 6.21. The van der Waals surface area contributed by atoms with Gasteiger partial charge in [0, 0.05) is 24.0 Å². The van der Waals surface area contributed by atoms with Crippen LogP contribution in [0, 0.1) is 0 Å². The minimum absolute atomic E-state index is 0. The van der Waals surface area contributed by atoms with Crippen LogP contribution in [-0.4, -0.2) is 26.1 Å². The fraction of sp³-hybridized carbons (Fsp3) is 0. The summed E-state index contributed by atoms with van der Waals surface area (Å²) in [5.41, 5.74) is 0.796. The van der Waals surface area contributed by atoms with Crippen molar-refractivity contribution in [1.29, 1.82) is 0 Å². The molecule has 0 unspecified atom stereocenters. The molecule has 0 saturated carbocycles. The molecule has 0 spiro atoms. The molecule has 0 radical (unpaired) electrons. The molecule has 20 heavy (non-hydrogen) atoms. The molecule has 0 aromatic carbocycles. The number of nitrogens with one attached hydrogen (secondary N) is 1. The number of H-pyrrole nitrogens is 1. The van der Waals surface area contributed by atoms with E-state index in [9.17, 15) is 4.79 Å². The van der Waals surface area contributed by atoms with Crippen LogP contribution in [0.25, 0.3) is 11.3 Å². The van der Waals surface area contributed by atoms with E-state index >= 15 is 0 Å². The van der Waals surface area contributed by atoms with E-state index in [1.54, 1.807) is 24.5 Å². The molecule has 0 aliphatic carbocycles. The number of nitrogens with zero attached hydrogens (tertiary/aromatic N) is 3. The van der Waals surface area contributed by atoms with E-state index in [4.69, 9.17) is 9.15 Å². The van der Waals surface area contributed by atoms with Gasteiger partial charge in [-0.15, -0.1) is 0 Å². The summed E-state index contributed by atoms with van der Waals surface area (Å²) >= 11 is 0. The van der Waals surface area contributed by atoms with Crippen molar-refractivity contribution in [3.8, 4) is 17.2 Å². The van der Waals surface area contributed by atoms with Gasteiger partial charge in [-0.05, 0) is 12.1 Å². The first-order chi connectivity index (χ1) is 9.34. The summed E-state index contributed by atoms with van der Waals surface area (Å²) in [5.74, 6) is -0.0367. The summed E-state index contributed by atoms with van der Waals surface area (Å²) in [4.78, 5) is 19.7. The maximum Gasteiger partial charge on any atom is 1.00 e. The summed E-state index contributed by atoms with van der Waals surface area (Å²) in [6, 6.07) is 4.96. The zero-order valence-corrected chi connectivity index (χ0v) is 10.6. The molecule has 0 fully saturated rings. The second kappa shape index (κ2) is 6.19. The normalized spacial score (nSPS) is 9.80. The van der Waals surface area contributed by atoms with Crippen LogP contribution in [0.4, 0.5) is 0 Å². The summed E-state index contributed by atoms with van der Waals surface area (Å²) < 4.78 is 10.3. The number of aromatic nitrogens is 4. The van der Waals surface area contributed by atoms with E-state index in [-0.39, 0.29) is 31.9 Å². The molecule has 0 aliphatic heterocycles. The van der Waals surface area contributed by atoms with Crippen LogP contribution < -0.4 is 23.6 Å². The molecule has 0 saturated heterocycles. The monoisotopic (exact) mass is 264 g/mol. The average molecular weight is 264 g/mol. The molecular formula is C12H9LiN4O3. The first-order valence-corrected chi connectivity index (χ1v) is 5.40. The molecule has 3 rings (SSSR count). The molecule has 3 aromatic rings. The molecule has 96 valence electrons. The Morgan fingerprint density at radius 2 is 2.05 bits per heavy atom. The predicted molar refractivity (Wildman–Crippen MR) is 64.4 cm³/mol. The van der Waals surface area contributed by atoms with Crippen molar-refractivity contribution in [2.45, 2.75) is 0 Å². The molecule has 1 N–H and O–H groups in total. The van der Waals surface area contributed by atoms with E-state index in [0.717, 1.165) is 0 Å². The van der Waals surface area contributed by atoms with Gasteiger partial charge < -0.3 is 10.6 Å². The molecular weight excluding hydrogens is 255 g/mol. The van der Waals surface area contributed by atoms with Gasteiger partial charge >= 0.3 is 24.8 Å². The molecule has 0 amide bonds. The van der Waals surface area contributed by atoms with Crippen LogP contribution in [-0.2, 0) is 0 Å². The third-order valence-corrected chi connectivity index (χ3v) is 2.38. The van der Waals surface area contributed by atoms with Gasteiger partial charge in [-0.1, -0.05) is 0 Å². The average Bonchev–Trinajstić information content (AvgIpc) is 3.10. The van der Waals surface area contributed by atoms with Crippen molar-refractivity contribution in [1.82, 2.24) is 20.2 Å². The number of aromatic amines is 1. The van der Waals surface area contributed by atoms with Gasteiger partial charge in [-0.2, -0.15) is 5.10 Å². The van der Waals surface area contributed by atoms with E-state index in [0.29, 0.717) is 11.3 Å².